The Morgan fingerprint density at radius 2 is 1.48 bits per heavy atom. The first-order valence-electron chi connectivity index (χ1n) is 10.5. The van der Waals surface area contributed by atoms with Gasteiger partial charge in [-0.1, -0.05) is 44.7 Å². The maximum Gasteiger partial charge on any atom is 0.221 e. The quantitative estimate of drug-likeness (QED) is 0.648. The fraction of sp³-hybridized carbons (Fsp3) is 0.696. The Balaban J connectivity index is 1.46. The minimum absolute atomic E-state index is 0.00177. The van der Waals surface area contributed by atoms with E-state index in [1.54, 1.807) is 6.92 Å². The highest BCUT2D eigenvalue weighted by atomic mass is 16.1. The third kappa shape index (κ3) is 5.09. The Labute approximate surface area is 153 Å². The van der Waals surface area contributed by atoms with Gasteiger partial charge in [0.05, 0.1) is 0 Å². The zero-order valence-electron chi connectivity index (χ0n) is 16.1. The predicted octanol–water partition coefficient (Wildman–Crippen LogP) is 6.53. The van der Waals surface area contributed by atoms with Crippen LogP contribution >= 0.6 is 0 Å². The second-order valence-corrected chi connectivity index (χ2v) is 8.48. The molecule has 0 spiro atoms. The molecule has 0 radical (unpaired) electrons. The summed E-state index contributed by atoms with van der Waals surface area (Å²) in [5.74, 6) is 3.74. The van der Waals surface area contributed by atoms with Crippen molar-refractivity contribution in [2.45, 2.75) is 84.0 Å². The zero-order chi connectivity index (χ0) is 17.6. The number of benzene rings is 1. The average Bonchev–Trinajstić information content (AvgIpc) is 2.63. The van der Waals surface area contributed by atoms with E-state index in [1.165, 1.54) is 69.8 Å². The molecule has 0 heterocycles. The summed E-state index contributed by atoms with van der Waals surface area (Å²) in [6.07, 6.45) is 14.3. The molecule has 1 amide bonds. The van der Waals surface area contributed by atoms with Crippen molar-refractivity contribution in [2.24, 2.45) is 17.8 Å². The highest BCUT2D eigenvalue weighted by molar-refractivity contribution is 5.88. The Kier molecular flexibility index (Phi) is 6.56. The number of nitrogens with one attached hydrogen (secondary N) is 1. The monoisotopic (exact) mass is 341 g/mol. The molecule has 2 fully saturated rings. The van der Waals surface area contributed by atoms with Crippen LogP contribution in [0.15, 0.2) is 24.3 Å². The second-order valence-electron chi connectivity index (χ2n) is 8.48. The van der Waals surface area contributed by atoms with Crippen molar-refractivity contribution >= 4 is 11.6 Å². The van der Waals surface area contributed by atoms with Gasteiger partial charge in [-0.25, -0.2) is 0 Å². The van der Waals surface area contributed by atoms with E-state index in [-0.39, 0.29) is 5.91 Å². The van der Waals surface area contributed by atoms with Gasteiger partial charge in [-0.2, -0.15) is 0 Å². The molecule has 0 bridgehead atoms. The lowest BCUT2D eigenvalue weighted by atomic mass is 9.68. The van der Waals surface area contributed by atoms with Crippen LogP contribution in [0, 0.1) is 17.8 Å². The molecule has 2 nitrogen and oxygen atoms in total. The van der Waals surface area contributed by atoms with Crippen LogP contribution in [0.3, 0.4) is 0 Å². The minimum Gasteiger partial charge on any atom is -0.326 e. The Morgan fingerprint density at radius 3 is 2.00 bits per heavy atom. The third-order valence-corrected chi connectivity index (χ3v) is 6.73. The molecule has 25 heavy (non-hydrogen) atoms. The maximum atomic E-state index is 11.1. The molecule has 2 heteroatoms. The number of hydrogen-bond acceptors (Lipinski definition) is 1. The van der Waals surface area contributed by atoms with Crippen molar-refractivity contribution in [3.05, 3.63) is 29.8 Å². The topological polar surface area (TPSA) is 29.1 Å². The summed E-state index contributed by atoms with van der Waals surface area (Å²) in [6.45, 7) is 3.89. The van der Waals surface area contributed by atoms with Gasteiger partial charge >= 0.3 is 0 Å². The van der Waals surface area contributed by atoms with E-state index in [2.05, 4.69) is 36.5 Å². The van der Waals surface area contributed by atoms with Gasteiger partial charge in [0.1, 0.15) is 0 Å². The van der Waals surface area contributed by atoms with Gasteiger partial charge in [0.2, 0.25) is 5.91 Å². The van der Waals surface area contributed by atoms with Crippen molar-refractivity contribution in [1.29, 1.82) is 0 Å². The molecule has 2 aliphatic rings. The van der Waals surface area contributed by atoms with Crippen LogP contribution < -0.4 is 5.32 Å². The maximum absolute atomic E-state index is 11.1. The van der Waals surface area contributed by atoms with Gasteiger partial charge in [-0.05, 0) is 79.9 Å². The van der Waals surface area contributed by atoms with Crippen molar-refractivity contribution < 1.29 is 4.79 Å². The number of rotatable bonds is 5. The summed E-state index contributed by atoms with van der Waals surface area (Å²) in [4.78, 5) is 11.1. The van der Waals surface area contributed by atoms with E-state index in [4.69, 9.17) is 0 Å². The lowest BCUT2D eigenvalue weighted by Gasteiger charge is -2.38. The molecular formula is C23H35NO. The summed E-state index contributed by atoms with van der Waals surface area (Å²) in [6, 6.07) is 8.54. The van der Waals surface area contributed by atoms with Crippen molar-refractivity contribution in [2.75, 3.05) is 5.32 Å². The van der Waals surface area contributed by atoms with E-state index in [0.29, 0.717) is 0 Å². The molecule has 2 saturated carbocycles. The lowest BCUT2D eigenvalue weighted by molar-refractivity contribution is -0.114. The molecule has 0 saturated heterocycles. The fourth-order valence-electron chi connectivity index (χ4n) is 5.32. The SMILES string of the molecule is CCCC1CCC(C2CCC(c3ccc(NC(C)=O)cc3)CC2)CC1. The molecule has 1 aromatic carbocycles. The molecule has 0 aromatic heterocycles. The van der Waals surface area contributed by atoms with Crippen molar-refractivity contribution in [1.82, 2.24) is 0 Å². The molecular weight excluding hydrogens is 306 g/mol. The number of anilines is 1. The molecule has 1 aromatic rings. The summed E-state index contributed by atoms with van der Waals surface area (Å²) >= 11 is 0. The lowest BCUT2D eigenvalue weighted by Crippen LogP contribution is -2.25. The number of carbonyl (C=O) groups excluding carboxylic acids is 1. The standard InChI is InChI=1S/C23H35NO/c1-3-4-18-5-7-19(8-6-18)20-9-11-21(12-10-20)22-13-15-23(16-14-22)24-17(2)25/h13-16,18-21H,3-12H2,1-2H3,(H,24,25). The number of hydrogen-bond donors (Lipinski definition) is 1. The summed E-state index contributed by atoms with van der Waals surface area (Å²) in [5, 5.41) is 2.86. The van der Waals surface area contributed by atoms with Crippen LogP contribution in [0.5, 0.6) is 0 Å². The molecule has 2 aliphatic carbocycles. The fourth-order valence-corrected chi connectivity index (χ4v) is 5.32. The normalized spacial score (nSPS) is 30.0. The molecule has 3 rings (SSSR count). The summed E-state index contributed by atoms with van der Waals surface area (Å²) in [5.41, 5.74) is 2.37. The third-order valence-electron chi connectivity index (χ3n) is 6.73. The van der Waals surface area contributed by atoms with Crippen LogP contribution in [0.1, 0.15) is 89.5 Å². The Bertz CT molecular complexity index is 534. The van der Waals surface area contributed by atoms with Gasteiger partial charge in [-0.15, -0.1) is 0 Å². The van der Waals surface area contributed by atoms with Gasteiger partial charge in [0, 0.05) is 12.6 Å². The Morgan fingerprint density at radius 1 is 0.920 bits per heavy atom. The first-order chi connectivity index (χ1) is 12.2. The number of amides is 1. The largest absolute Gasteiger partial charge is 0.326 e. The Hall–Kier alpha value is -1.31. The second kappa shape index (κ2) is 8.87. The van der Waals surface area contributed by atoms with Crippen molar-refractivity contribution in [3.63, 3.8) is 0 Å². The smallest absolute Gasteiger partial charge is 0.221 e. The van der Waals surface area contributed by atoms with Gasteiger partial charge in [-0.3, -0.25) is 4.79 Å². The zero-order valence-corrected chi connectivity index (χ0v) is 16.1. The van der Waals surface area contributed by atoms with Gasteiger partial charge in [0.15, 0.2) is 0 Å². The summed E-state index contributed by atoms with van der Waals surface area (Å²) < 4.78 is 0. The molecule has 0 aliphatic heterocycles. The van der Waals surface area contributed by atoms with Gasteiger partial charge in [0.25, 0.3) is 0 Å². The van der Waals surface area contributed by atoms with E-state index in [0.717, 1.165) is 29.4 Å². The van der Waals surface area contributed by atoms with Crippen LogP contribution in [0.4, 0.5) is 5.69 Å². The average molecular weight is 342 g/mol. The van der Waals surface area contributed by atoms with Crippen LogP contribution in [0.25, 0.3) is 0 Å². The van der Waals surface area contributed by atoms with Crippen LogP contribution in [-0.4, -0.2) is 5.91 Å². The summed E-state index contributed by atoms with van der Waals surface area (Å²) in [7, 11) is 0. The van der Waals surface area contributed by atoms with E-state index >= 15 is 0 Å². The first-order valence-corrected chi connectivity index (χ1v) is 10.5. The minimum atomic E-state index is 0.00177. The molecule has 0 unspecified atom stereocenters. The van der Waals surface area contributed by atoms with Gasteiger partial charge < -0.3 is 5.32 Å². The van der Waals surface area contributed by atoms with E-state index in [9.17, 15) is 4.79 Å². The highest BCUT2D eigenvalue weighted by Crippen LogP contribution is 2.44. The number of carbonyl (C=O) groups is 1. The first kappa shape index (κ1) is 18.5. The van der Waals surface area contributed by atoms with Crippen molar-refractivity contribution in [3.8, 4) is 0 Å². The predicted molar refractivity (Wildman–Crippen MR) is 106 cm³/mol. The molecule has 1 N–H and O–H groups in total. The highest BCUT2D eigenvalue weighted by Gasteiger charge is 2.31. The van der Waals surface area contributed by atoms with E-state index in [1.807, 2.05) is 0 Å². The van der Waals surface area contributed by atoms with E-state index < -0.39 is 0 Å². The molecule has 0 atom stereocenters. The van der Waals surface area contributed by atoms with Crippen LogP contribution in [-0.2, 0) is 4.79 Å². The molecule has 138 valence electrons. The van der Waals surface area contributed by atoms with Crippen LogP contribution in [0.2, 0.25) is 0 Å².